The van der Waals surface area contributed by atoms with E-state index < -0.39 is 0 Å². The second-order valence-electron chi connectivity index (χ2n) is 4.22. The number of rotatable bonds is 3. The minimum absolute atomic E-state index is 0.0159. The summed E-state index contributed by atoms with van der Waals surface area (Å²) in [7, 11) is 1.50. The predicted molar refractivity (Wildman–Crippen MR) is 64.8 cm³/mol. The molecule has 2 rings (SSSR count). The number of benzene rings is 1. The van der Waals surface area contributed by atoms with Crippen LogP contribution in [0.25, 0.3) is 0 Å². The molecular weight excluding hydrogens is 223 g/mol. The first-order chi connectivity index (χ1) is 8.17. The van der Waals surface area contributed by atoms with Crippen LogP contribution in [0.15, 0.2) is 12.1 Å². The van der Waals surface area contributed by atoms with E-state index >= 15 is 0 Å². The van der Waals surface area contributed by atoms with Crippen molar-refractivity contribution in [2.75, 3.05) is 30.9 Å². The van der Waals surface area contributed by atoms with E-state index in [0.29, 0.717) is 11.4 Å². The second-order valence-corrected chi connectivity index (χ2v) is 4.22. The largest absolute Gasteiger partial charge is 0.495 e. The van der Waals surface area contributed by atoms with Crippen LogP contribution in [0.1, 0.15) is 12.8 Å². The molecule has 94 valence electrons. The van der Waals surface area contributed by atoms with Crippen LogP contribution in [-0.2, 0) is 0 Å². The molecule has 17 heavy (non-hydrogen) atoms. The highest BCUT2D eigenvalue weighted by Gasteiger charge is 2.26. The third-order valence-corrected chi connectivity index (χ3v) is 3.20. The normalized spacial score (nSPS) is 19.7. The average molecular weight is 240 g/mol. The predicted octanol–water partition coefficient (Wildman–Crippen LogP) is 1.38. The number of anilines is 2. The number of halogens is 1. The molecule has 1 aromatic rings. The Balaban J connectivity index is 2.37. The molecule has 5 heteroatoms. The molecule has 1 fully saturated rings. The van der Waals surface area contributed by atoms with Crippen LogP contribution in [0.5, 0.6) is 5.75 Å². The van der Waals surface area contributed by atoms with Crippen LogP contribution in [0.3, 0.4) is 0 Å². The Bertz CT molecular complexity index is 412. The number of hydrogen-bond acceptors (Lipinski definition) is 4. The van der Waals surface area contributed by atoms with Gasteiger partial charge in [0.25, 0.3) is 0 Å². The van der Waals surface area contributed by atoms with Crippen molar-refractivity contribution in [2.45, 2.75) is 18.9 Å². The molecule has 0 aromatic heterocycles. The molecule has 1 aliphatic rings. The van der Waals surface area contributed by atoms with Gasteiger partial charge < -0.3 is 20.5 Å². The molecule has 4 nitrogen and oxygen atoms in total. The van der Waals surface area contributed by atoms with Gasteiger partial charge in [0.2, 0.25) is 0 Å². The lowest BCUT2D eigenvalue weighted by atomic mass is 10.2. The van der Waals surface area contributed by atoms with Crippen molar-refractivity contribution >= 4 is 11.4 Å². The zero-order valence-electron chi connectivity index (χ0n) is 9.82. The number of aliphatic hydroxyl groups excluding tert-OH is 1. The maximum Gasteiger partial charge on any atom is 0.148 e. The maximum absolute atomic E-state index is 13.9. The standard InChI is InChI=1S/C12H17FN2O2/c1-17-12-6-11(9(13)5-10(12)14)15-4-2-3-8(15)7-16/h5-6,8,16H,2-4,7,14H2,1H3. The molecule has 1 heterocycles. The molecule has 1 aliphatic heterocycles. The molecule has 1 aromatic carbocycles. The van der Waals surface area contributed by atoms with Crippen LogP contribution in [-0.4, -0.2) is 31.4 Å². The summed E-state index contributed by atoms with van der Waals surface area (Å²) in [5, 5.41) is 9.25. The number of nitrogens with zero attached hydrogens (tertiary/aromatic N) is 1. The van der Waals surface area contributed by atoms with E-state index in [2.05, 4.69) is 0 Å². The minimum Gasteiger partial charge on any atom is -0.495 e. The van der Waals surface area contributed by atoms with E-state index in [1.807, 2.05) is 4.90 Å². The zero-order chi connectivity index (χ0) is 12.4. The number of nitrogens with two attached hydrogens (primary N) is 1. The van der Waals surface area contributed by atoms with Gasteiger partial charge in [0.05, 0.1) is 31.1 Å². The average Bonchev–Trinajstić information content (AvgIpc) is 2.77. The summed E-state index contributed by atoms with van der Waals surface area (Å²) in [6.07, 6.45) is 1.83. The fourth-order valence-corrected chi connectivity index (χ4v) is 2.30. The molecule has 3 N–H and O–H groups in total. The Labute approximate surface area is 99.8 Å². The Kier molecular flexibility index (Phi) is 3.38. The Morgan fingerprint density at radius 3 is 3.00 bits per heavy atom. The van der Waals surface area contributed by atoms with E-state index in [1.165, 1.54) is 13.2 Å². The van der Waals surface area contributed by atoms with Crippen molar-refractivity contribution in [2.24, 2.45) is 0 Å². The fraction of sp³-hybridized carbons (Fsp3) is 0.500. The third kappa shape index (κ3) is 2.15. The summed E-state index contributed by atoms with van der Waals surface area (Å²) in [5.41, 5.74) is 6.37. The van der Waals surface area contributed by atoms with Crippen LogP contribution in [0.2, 0.25) is 0 Å². The van der Waals surface area contributed by atoms with E-state index in [0.717, 1.165) is 19.4 Å². The van der Waals surface area contributed by atoms with Crippen LogP contribution in [0, 0.1) is 5.82 Å². The quantitative estimate of drug-likeness (QED) is 0.784. The first-order valence-electron chi connectivity index (χ1n) is 5.68. The van der Waals surface area contributed by atoms with E-state index in [1.54, 1.807) is 6.07 Å². The summed E-state index contributed by atoms with van der Waals surface area (Å²) in [5.74, 6) is 0.0913. The molecule has 0 spiro atoms. The van der Waals surface area contributed by atoms with Crippen molar-refractivity contribution in [3.05, 3.63) is 17.9 Å². The van der Waals surface area contributed by atoms with Crippen molar-refractivity contribution in [1.29, 1.82) is 0 Å². The molecule has 0 aliphatic carbocycles. The monoisotopic (exact) mass is 240 g/mol. The van der Waals surface area contributed by atoms with Gasteiger partial charge in [0.1, 0.15) is 11.6 Å². The van der Waals surface area contributed by atoms with Crippen molar-refractivity contribution in [1.82, 2.24) is 0 Å². The molecule has 0 radical (unpaired) electrons. The zero-order valence-corrected chi connectivity index (χ0v) is 9.82. The van der Waals surface area contributed by atoms with Gasteiger partial charge in [0, 0.05) is 18.7 Å². The Morgan fingerprint density at radius 2 is 2.35 bits per heavy atom. The number of aliphatic hydroxyl groups is 1. The summed E-state index contributed by atoms with van der Waals surface area (Å²) in [4.78, 5) is 1.87. The summed E-state index contributed by atoms with van der Waals surface area (Å²) >= 11 is 0. The summed E-state index contributed by atoms with van der Waals surface area (Å²) in [6, 6.07) is 2.84. The molecular formula is C12H17FN2O2. The van der Waals surface area contributed by atoms with Gasteiger partial charge in [0.15, 0.2) is 0 Å². The first kappa shape index (κ1) is 12.0. The van der Waals surface area contributed by atoms with Crippen LogP contribution < -0.4 is 15.4 Å². The van der Waals surface area contributed by atoms with Gasteiger partial charge in [-0.1, -0.05) is 0 Å². The molecule has 0 amide bonds. The highest BCUT2D eigenvalue weighted by molar-refractivity contribution is 5.64. The summed E-state index contributed by atoms with van der Waals surface area (Å²) in [6.45, 7) is 0.779. The second kappa shape index (κ2) is 4.79. The van der Waals surface area contributed by atoms with E-state index in [-0.39, 0.29) is 24.2 Å². The lowest BCUT2D eigenvalue weighted by Crippen LogP contribution is -2.32. The molecule has 0 saturated carbocycles. The smallest absolute Gasteiger partial charge is 0.148 e. The Morgan fingerprint density at radius 1 is 1.59 bits per heavy atom. The van der Waals surface area contributed by atoms with Crippen LogP contribution in [0.4, 0.5) is 15.8 Å². The molecule has 0 bridgehead atoms. The number of methoxy groups -OCH3 is 1. The SMILES string of the molecule is COc1cc(N2CCCC2CO)c(F)cc1N. The van der Waals surface area contributed by atoms with Gasteiger partial charge in [-0.3, -0.25) is 0 Å². The maximum atomic E-state index is 13.9. The Hall–Kier alpha value is -1.49. The van der Waals surface area contributed by atoms with E-state index in [4.69, 9.17) is 10.5 Å². The van der Waals surface area contributed by atoms with Crippen molar-refractivity contribution in [3.63, 3.8) is 0 Å². The van der Waals surface area contributed by atoms with Crippen molar-refractivity contribution < 1.29 is 14.2 Å². The lowest BCUT2D eigenvalue weighted by Gasteiger charge is -2.26. The lowest BCUT2D eigenvalue weighted by molar-refractivity contribution is 0.266. The first-order valence-corrected chi connectivity index (χ1v) is 5.68. The molecule has 1 unspecified atom stereocenters. The molecule has 1 atom stereocenters. The van der Waals surface area contributed by atoms with Gasteiger partial charge >= 0.3 is 0 Å². The van der Waals surface area contributed by atoms with Crippen molar-refractivity contribution in [3.8, 4) is 5.75 Å². The van der Waals surface area contributed by atoms with Gasteiger partial charge in [-0.15, -0.1) is 0 Å². The van der Waals surface area contributed by atoms with Gasteiger partial charge in [-0.2, -0.15) is 0 Å². The van der Waals surface area contributed by atoms with Crippen LogP contribution >= 0.6 is 0 Å². The van der Waals surface area contributed by atoms with Gasteiger partial charge in [-0.05, 0) is 12.8 Å². The molecule has 1 saturated heterocycles. The minimum atomic E-state index is -0.372. The number of nitrogen functional groups attached to an aromatic ring is 1. The fourth-order valence-electron chi connectivity index (χ4n) is 2.30. The third-order valence-electron chi connectivity index (χ3n) is 3.20. The number of hydrogen-bond donors (Lipinski definition) is 2. The topological polar surface area (TPSA) is 58.7 Å². The summed E-state index contributed by atoms with van der Waals surface area (Å²) < 4.78 is 19.0. The van der Waals surface area contributed by atoms with Gasteiger partial charge in [-0.25, -0.2) is 4.39 Å². The highest BCUT2D eigenvalue weighted by atomic mass is 19.1. The van der Waals surface area contributed by atoms with E-state index in [9.17, 15) is 9.50 Å². The number of ether oxygens (including phenoxy) is 1. The highest BCUT2D eigenvalue weighted by Crippen LogP contribution is 2.34.